The molecule has 0 saturated carbocycles. The van der Waals surface area contributed by atoms with Gasteiger partial charge in [0.05, 0.1) is 18.0 Å². The molecule has 1 aromatic heterocycles. The predicted octanol–water partition coefficient (Wildman–Crippen LogP) is 5.31. The summed E-state index contributed by atoms with van der Waals surface area (Å²) in [7, 11) is 0. The Morgan fingerprint density at radius 3 is 2.93 bits per heavy atom. The molecular weight excluding hydrogens is 382 g/mol. The number of hydrogen-bond acceptors (Lipinski definition) is 5. The SMILES string of the molecule is CCOC(=O)/C=C/c1ccc2c(c1)Cc1sc(Nc3ccc(F)cc3F)nc1-2. The number of rotatable bonds is 5. The van der Waals surface area contributed by atoms with E-state index in [1.807, 2.05) is 18.2 Å². The molecule has 1 aliphatic carbocycles. The topological polar surface area (TPSA) is 51.2 Å². The number of thiazole rings is 1. The number of carbonyl (C=O) groups excluding carboxylic acids is 1. The number of benzene rings is 2. The molecule has 142 valence electrons. The van der Waals surface area contributed by atoms with E-state index in [0.29, 0.717) is 11.7 Å². The monoisotopic (exact) mass is 398 g/mol. The summed E-state index contributed by atoms with van der Waals surface area (Å²) in [6.45, 7) is 2.11. The van der Waals surface area contributed by atoms with E-state index in [4.69, 9.17) is 4.74 Å². The van der Waals surface area contributed by atoms with Crippen molar-refractivity contribution in [2.24, 2.45) is 0 Å². The van der Waals surface area contributed by atoms with Gasteiger partial charge in [0.15, 0.2) is 5.13 Å². The van der Waals surface area contributed by atoms with Crippen molar-refractivity contribution in [3.05, 3.63) is 70.1 Å². The lowest BCUT2D eigenvalue weighted by molar-refractivity contribution is -0.137. The van der Waals surface area contributed by atoms with Crippen LogP contribution in [0.4, 0.5) is 19.6 Å². The molecule has 4 rings (SSSR count). The first-order chi connectivity index (χ1) is 13.5. The van der Waals surface area contributed by atoms with E-state index >= 15 is 0 Å². The molecule has 0 saturated heterocycles. The lowest BCUT2D eigenvalue weighted by Gasteiger charge is -2.05. The molecule has 3 aromatic rings. The third-order valence-electron chi connectivity index (χ3n) is 4.30. The van der Waals surface area contributed by atoms with Gasteiger partial charge in [0, 0.05) is 29.0 Å². The van der Waals surface area contributed by atoms with Gasteiger partial charge in [0.2, 0.25) is 0 Å². The number of ether oxygens (including phenoxy) is 1. The number of aromatic nitrogens is 1. The number of anilines is 2. The van der Waals surface area contributed by atoms with Gasteiger partial charge in [-0.25, -0.2) is 18.6 Å². The maximum absolute atomic E-state index is 13.8. The summed E-state index contributed by atoms with van der Waals surface area (Å²) in [6.07, 6.45) is 3.85. The third kappa shape index (κ3) is 3.66. The minimum atomic E-state index is -0.659. The number of fused-ring (bicyclic) bond motifs is 3. The third-order valence-corrected chi connectivity index (χ3v) is 5.27. The van der Waals surface area contributed by atoms with Crippen LogP contribution in [0.1, 0.15) is 22.9 Å². The maximum Gasteiger partial charge on any atom is 0.330 e. The van der Waals surface area contributed by atoms with Crippen molar-refractivity contribution < 1.29 is 18.3 Å². The predicted molar refractivity (Wildman–Crippen MR) is 106 cm³/mol. The van der Waals surface area contributed by atoms with E-state index in [0.717, 1.165) is 39.7 Å². The van der Waals surface area contributed by atoms with Gasteiger partial charge in [-0.1, -0.05) is 18.2 Å². The van der Waals surface area contributed by atoms with Crippen molar-refractivity contribution in [3.63, 3.8) is 0 Å². The lowest BCUT2D eigenvalue weighted by Crippen LogP contribution is -1.98. The van der Waals surface area contributed by atoms with Gasteiger partial charge in [-0.05, 0) is 36.3 Å². The molecule has 1 N–H and O–H groups in total. The molecule has 1 aliphatic rings. The van der Waals surface area contributed by atoms with E-state index in [2.05, 4.69) is 10.3 Å². The highest BCUT2D eigenvalue weighted by atomic mass is 32.1. The first-order valence-corrected chi connectivity index (χ1v) is 9.55. The Morgan fingerprint density at radius 2 is 2.14 bits per heavy atom. The van der Waals surface area contributed by atoms with Crippen LogP contribution in [-0.4, -0.2) is 17.6 Å². The van der Waals surface area contributed by atoms with Gasteiger partial charge in [-0.3, -0.25) is 0 Å². The molecule has 0 spiro atoms. The summed E-state index contributed by atoms with van der Waals surface area (Å²) >= 11 is 1.44. The Hall–Kier alpha value is -3.06. The molecule has 0 fully saturated rings. The highest BCUT2D eigenvalue weighted by Crippen LogP contribution is 2.42. The summed E-state index contributed by atoms with van der Waals surface area (Å²) < 4.78 is 31.8. The number of carbonyl (C=O) groups is 1. The van der Waals surface area contributed by atoms with Gasteiger partial charge >= 0.3 is 5.97 Å². The van der Waals surface area contributed by atoms with Crippen LogP contribution in [0.3, 0.4) is 0 Å². The van der Waals surface area contributed by atoms with Gasteiger partial charge in [0.25, 0.3) is 0 Å². The van der Waals surface area contributed by atoms with Crippen LogP contribution in [0.5, 0.6) is 0 Å². The summed E-state index contributed by atoms with van der Waals surface area (Å²) in [5, 5.41) is 3.48. The van der Waals surface area contributed by atoms with Crippen LogP contribution < -0.4 is 5.32 Å². The minimum Gasteiger partial charge on any atom is -0.463 e. The largest absolute Gasteiger partial charge is 0.463 e. The van der Waals surface area contributed by atoms with Gasteiger partial charge in [-0.2, -0.15) is 0 Å². The highest BCUT2D eigenvalue weighted by Gasteiger charge is 2.23. The van der Waals surface area contributed by atoms with Crippen LogP contribution in [-0.2, 0) is 16.0 Å². The fourth-order valence-electron chi connectivity index (χ4n) is 3.06. The number of nitrogens with one attached hydrogen (secondary N) is 1. The molecule has 4 nitrogen and oxygen atoms in total. The molecule has 0 unspecified atom stereocenters. The standard InChI is InChI=1S/C21H16F2N2O2S/c1-2-27-19(26)8-4-12-3-6-15-13(9-12)10-18-20(15)25-21(28-18)24-17-7-5-14(22)11-16(17)23/h3-9,11H,2,10H2,1H3,(H,24,25)/b8-4+. The molecule has 2 aromatic carbocycles. The van der Waals surface area contributed by atoms with E-state index in [1.165, 1.54) is 29.5 Å². The molecule has 0 atom stereocenters. The zero-order valence-corrected chi connectivity index (χ0v) is 15.8. The number of halogens is 2. The van der Waals surface area contributed by atoms with Crippen LogP contribution in [0.2, 0.25) is 0 Å². The van der Waals surface area contributed by atoms with Gasteiger partial charge in [-0.15, -0.1) is 11.3 Å². The van der Waals surface area contributed by atoms with E-state index < -0.39 is 11.6 Å². The van der Waals surface area contributed by atoms with Crippen molar-refractivity contribution in [2.75, 3.05) is 11.9 Å². The van der Waals surface area contributed by atoms with Crippen LogP contribution in [0.25, 0.3) is 17.3 Å². The van der Waals surface area contributed by atoms with Crippen LogP contribution in [0.15, 0.2) is 42.5 Å². The zero-order chi connectivity index (χ0) is 19.7. The summed E-state index contributed by atoms with van der Waals surface area (Å²) in [5.74, 6) is -1.65. The zero-order valence-electron chi connectivity index (χ0n) is 15.0. The van der Waals surface area contributed by atoms with Crippen LogP contribution in [0, 0.1) is 11.6 Å². The van der Waals surface area contributed by atoms with Gasteiger partial charge in [0.1, 0.15) is 11.6 Å². The molecule has 7 heteroatoms. The van der Waals surface area contributed by atoms with E-state index in [1.54, 1.807) is 13.0 Å². The Balaban J connectivity index is 1.54. The second-order valence-electron chi connectivity index (χ2n) is 6.22. The average Bonchev–Trinajstić information content (AvgIpc) is 3.19. The molecule has 0 radical (unpaired) electrons. The first kappa shape index (κ1) is 18.3. The molecule has 1 heterocycles. The first-order valence-electron chi connectivity index (χ1n) is 8.73. The quantitative estimate of drug-likeness (QED) is 0.366. The molecule has 0 bridgehead atoms. The smallest absolute Gasteiger partial charge is 0.330 e. The van der Waals surface area contributed by atoms with Crippen molar-refractivity contribution >= 4 is 34.2 Å². The van der Waals surface area contributed by atoms with Crippen molar-refractivity contribution in [3.8, 4) is 11.3 Å². The second-order valence-corrected chi connectivity index (χ2v) is 7.30. The van der Waals surface area contributed by atoms with Crippen molar-refractivity contribution in [1.82, 2.24) is 4.98 Å². The molecule has 0 amide bonds. The summed E-state index contributed by atoms with van der Waals surface area (Å²) in [5.41, 5.74) is 4.11. The summed E-state index contributed by atoms with van der Waals surface area (Å²) in [4.78, 5) is 17.1. The molecular formula is C21H16F2N2O2S. The second kappa shape index (κ2) is 7.52. The summed E-state index contributed by atoms with van der Waals surface area (Å²) in [6, 6.07) is 9.29. The van der Waals surface area contributed by atoms with E-state index in [9.17, 15) is 13.6 Å². The molecule has 28 heavy (non-hydrogen) atoms. The van der Waals surface area contributed by atoms with Gasteiger partial charge < -0.3 is 10.1 Å². The van der Waals surface area contributed by atoms with Crippen molar-refractivity contribution in [1.29, 1.82) is 0 Å². The maximum atomic E-state index is 13.8. The Bertz CT molecular complexity index is 1090. The number of esters is 1. The lowest BCUT2D eigenvalue weighted by atomic mass is 10.1. The average molecular weight is 398 g/mol. The van der Waals surface area contributed by atoms with Crippen LogP contribution >= 0.6 is 11.3 Å². The fraction of sp³-hybridized carbons (Fsp3) is 0.143. The minimum absolute atomic E-state index is 0.188. The fourth-order valence-corrected chi connectivity index (χ4v) is 4.07. The molecule has 0 aliphatic heterocycles. The Labute approximate surface area is 164 Å². The van der Waals surface area contributed by atoms with E-state index in [-0.39, 0.29) is 11.7 Å². The highest BCUT2D eigenvalue weighted by molar-refractivity contribution is 7.16. The normalized spacial score (nSPS) is 12.1. The Morgan fingerprint density at radius 1 is 1.29 bits per heavy atom. The number of nitrogens with zero attached hydrogens (tertiary/aromatic N) is 1. The number of hydrogen-bond donors (Lipinski definition) is 1. The van der Waals surface area contributed by atoms with Crippen molar-refractivity contribution in [2.45, 2.75) is 13.3 Å². The Kier molecular flexibility index (Phi) is 4.92.